The number of para-hydroxylation sites is 1. The second kappa shape index (κ2) is 6.53. The zero-order valence-electron chi connectivity index (χ0n) is 10.6. The van der Waals surface area contributed by atoms with E-state index in [-0.39, 0.29) is 17.3 Å². The van der Waals surface area contributed by atoms with Gasteiger partial charge in [0.1, 0.15) is 5.82 Å². The highest BCUT2D eigenvalue weighted by Gasteiger charge is 2.25. The molecule has 0 saturated carbocycles. The molecule has 2 amide bonds. The standard InChI is InChI=1S/C12H14ClFN2O4/c1-12(20,5-9(17)18)6-15-11(19)16-10-7(13)3-2-4-8(10)14/h2-4,20H,5-6H2,1H3,(H,17,18)(H2,15,16,19). The second-order valence-electron chi connectivity index (χ2n) is 4.47. The average molecular weight is 305 g/mol. The van der Waals surface area contributed by atoms with Gasteiger partial charge in [-0.2, -0.15) is 0 Å². The van der Waals surface area contributed by atoms with Gasteiger partial charge < -0.3 is 20.8 Å². The first-order valence-corrected chi connectivity index (χ1v) is 6.02. The summed E-state index contributed by atoms with van der Waals surface area (Å²) >= 11 is 5.72. The third-order valence-electron chi connectivity index (χ3n) is 2.36. The predicted molar refractivity (Wildman–Crippen MR) is 71.3 cm³/mol. The summed E-state index contributed by atoms with van der Waals surface area (Å²) in [4.78, 5) is 22.0. The van der Waals surface area contributed by atoms with Crippen molar-refractivity contribution in [3.8, 4) is 0 Å². The van der Waals surface area contributed by atoms with Crippen LogP contribution in [0.2, 0.25) is 5.02 Å². The topological polar surface area (TPSA) is 98.7 Å². The number of benzene rings is 1. The van der Waals surface area contributed by atoms with Crippen molar-refractivity contribution in [2.24, 2.45) is 0 Å². The Bertz CT molecular complexity index is 502. The van der Waals surface area contributed by atoms with Crippen LogP contribution in [0.1, 0.15) is 13.3 Å². The molecule has 1 rings (SSSR count). The van der Waals surface area contributed by atoms with Crippen molar-refractivity contribution in [2.75, 3.05) is 11.9 Å². The van der Waals surface area contributed by atoms with Gasteiger partial charge in [-0.3, -0.25) is 4.79 Å². The predicted octanol–water partition coefficient (Wildman–Crippen LogP) is 1.83. The molecule has 0 bridgehead atoms. The number of carbonyl (C=O) groups is 2. The van der Waals surface area contributed by atoms with Crippen LogP contribution in [0.4, 0.5) is 14.9 Å². The molecule has 20 heavy (non-hydrogen) atoms. The Hall–Kier alpha value is -1.86. The van der Waals surface area contributed by atoms with E-state index in [2.05, 4.69) is 10.6 Å². The SMILES string of the molecule is CC(O)(CNC(=O)Nc1c(F)cccc1Cl)CC(=O)O. The van der Waals surface area contributed by atoms with E-state index in [1.54, 1.807) is 0 Å². The molecular weight excluding hydrogens is 291 g/mol. The fourth-order valence-electron chi connectivity index (χ4n) is 1.43. The van der Waals surface area contributed by atoms with Gasteiger partial charge in [0.25, 0.3) is 0 Å². The first-order chi connectivity index (χ1) is 9.21. The molecule has 1 aromatic rings. The van der Waals surface area contributed by atoms with Crippen LogP contribution in [-0.4, -0.2) is 34.4 Å². The van der Waals surface area contributed by atoms with Crippen LogP contribution in [0.25, 0.3) is 0 Å². The highest BCUT2D eigenvalue weighted by molar-refractivity contribution is 6.33. The van der Waals surface area contributed by atoms with Gasteiger partial charge in [-0.15, -0.1) is 0 Å². The molecule has 0 aromatic heterocycles. The van der Waals surface area contributed by atoms with E-state index in [9.17, 15) is 19.1 Å². The quantitative estimate of drug-likeness (QED) is 0.667. The molecule has 1 unspecified atom stereocenters. The maximum Gasteiger partial charge on any atom is 0.319 e. The minimum atomic E-state index is -1.61. The number of amides is 2. The Morgan fingerprint density at radius 3 is 2.65 bits per heavy atom. The number of hydrogen-bond donors (Lipinski definition) is 4. The van der Waals surface area contributed by atoms with Crippen molar-refractivity contribution in [3.63, 3.8) is 0 Å². The van der Waals surface area contributed by atoms with Crippen LogP contribution in [0.3, 0.4) is 0 Å². The molecule has 6 nitrogen and oxygen atoms in total. The van der Waals surface area contributed by atoms with Crippen LogP contribution in [-0.2, 0) is 4.79 Å². The van der Waals surface area contributed by atoms with Crippen LogP contribution in [0, 0.1) is 5.82 Å². The Labute approximate surface area is 119 Å². The number of rotatable bonds is 5. The summed E-state index contributed by atoms with van der Waals surface area (Å²) < 4.78 is 13.4. The van der Waals surface area contributed by atoms with Crippen LogP contribution >= 0.6 is 11.6 Å². The highest BCUT2D eigenvalue weighted by atomic mass is 35.5. The minimum absolute atomic E-state index is 0.0254. The molecule has 110 valence electrons. The lowest BCUT2D eigenvalue weighted by Crippen LogP contribution is -2.43. The number of halogens is 2. The molecule has 0 aliphatic heterocycles. The van der Waals surface area contributed by atoms with Crippen molar-refractivity contribution in [3.05, 3.63) is 29.0 Å². The summed E-state index contributed by atoms with van der Waals surface area (Å²) in [6.07, 6.45) is -0.534. The summed E-state index contributed by atoms with van der Waals surface area (Å²) in [5.74, 6) is -1.90. The largest absolute Gasteiger partial charge is 0.481 e. The lowest BCUT2D eigenvalue weighted by Gasteiger charge is -2.21. The fraction of sp³-hybridized carbons (Fsp3) is 0.333. The number of carboxylic acid groups (broad SMARTS) is 1. The average Bonchev–Trinajstić information content (AvgIpc) is 2.30. The summed E-state index contributed by atoms with van der Waals surface area (Å²) in [6, 6.07) is 3.11. The van der Waals surface area contributed by atoms with Gasteiger partial charge in [0.2, 0.25) is 0 Å². The van der Waals surface area contributed by atoms with Gasteiger partial charge in [-0.25, -0.2) is 9.18 Å². The molecule has 0 radical (unpaired) electrons. The van der Waals surface area contributed by atoms with Crippen molar-refractivity contribution in [1.82, 2.24) is 5.32 Å². The molecule has 0 aliphatic rings. The number of aliphatic carboxylic acids is 1. The molecule has 8 heteroatoms. The van der Waals surface area contributed by atoms with Gasteiger partial charge in [0.05, 0.1) is 22.7 Å². The van der Waals surface area contributed by atoms with Crippen LogP contribution in [0.5, 0.6) is 0 Å². The molecule has 0 fully saturated rings. The Balaban J connectivity index is 2.59. The molecular formula is C12H14ClFN2O4. The van der Waals surface area contributed by atoms with E-state index in [1.807, 2.05) is 0 Å². The second-order valence-corrected chi connectivity index (χ2v) is 4.88. The lowest BCUT2D eigenvalue weighted by molar-refractivity contribution is -0.141. The highest BCUT2D eigenvalue weighted by Crippen LogP contribution is 2.24. The number of urea groups is 1. The molecule has 1 atom stereocenters. The number of carbonyl (C=O) groups excluding carboxylic acids is 1. The third-order valence-corrected chi connectivity index (χ3v) is 2.68. The number of aliphatic hydroxyl groups is 1. The lowest BCUT2D eigenvalue weighted by atomic mass is 10.0. The van der Waals surface area contributed by atoms with E-state index in [1.165, 1.54) is 19.1 Å². The minimum Gasteiger partial charge on any atom is -0.481 e. The molecule has 1 aromatic carbocycles. The van der Waals surface area contributed by atoms with Crippen LogP contribution < -0.4 is 10.6 Å². The number of anilines is 1. The van der Waals surface area contributed by atoms with Gasteiger partial charge in [0.15, 0.2) is 0 Å². The third kappa shape index (κ3) is 5.02. The van der Waals surface area contributed by atoms with Gasteiger partial charge >= 0.3 is 12.0 Å². The molecule has 0 heterocycles. The summed E-state index contributed by atoms with van der Waals surface area (Å²) in [7, 11) is 0. The van der Waals surface area contributed by atoms with E-state index >= 15 is 0 Å². The van der Waals surface area contributed by atoms with Crippen molar-refractivity contribution in [1.29, 1.82) is 0 Å². The number of hydrogen-bond acceptors (Lipinski definition) is 3. The molecule has 0 aliphatic carbocycles. The van der Waals surface area contributed by atoms with Crippen molar-refractivity contribution in [2.45, 2.75) is 18.9 Å². The summed E-state index contributed by atoms with van der Waals surface area (Å²) in [5, 5.41) is 22.7. The number of nitrogens with one attached hydrogen (secondary N) is 2. The zero-order chi connectivity index (χ0) is 15.3. The summed E-state index contributed by atoms with van der Waals surface area (Å²) in [6.45, 7) is 0.953. The van der Waals surface area contributed by atoms with Crippen LogP contribution in [0.15, 0.2) is 18.2 Å². The van der Waals surface area contributed by atoms with E-state index in [0.29, 0.717) is 0 Å². The Kier molecular flexibility index (Phi) is 5.29. The Morgan fingerprint density at radius 1 is 1.45 bits per heavy atom. The van der Waals surface area contributed by atoms with Gasteiger partial charge in [-0.1, -0.05) is 17.7 Å². The van der Waals surface area contributed by atoms with Crippen molar-refractivity contribution >= 4 is 29.3 Å². The fourth-order valence-corrected chi connectivity index (χ4v) is 1.64. The van der Waals surface area contributed by atoms with Gasteiger partial charge in [-0.05, 0) is 19.1 Å². The van der Waals surface area contributed by atoms with E-state index < -0.39 is 29.8 Å². The first-order valence-electron chi connectivity index (χ1n) is 5.64. The zero-order valence-corrected chi connectivity index (χ0v) is 11.4. The molecule has 0 spiro atoms. The Morgan fingerprint density at radius 2 is 2.10 bits per heavy atom. The van der Waals surface area contributed by atoms with Crippen molar-refractivity contribution < 1.29 is 24.2 Å². The van der Waals surface area contributed by atoms with E-state index in [0.717, 1.165) is 6.07 Å². The summed E-state index contributed by atoms with van der Waals surface area (Å²) in [5.41, 5.74) is -1.80. The maximum atomic E-state index is 13.4. The first kappa shape index (κ1) is 16.2. The van der Waals surface area contributed by atoms with Gasteiger partial charge in [0, 0.05) is 6.54 Å². The molecule has 0 saturated heterocycles. The smallest absolute Gasteiger partial charge is 0.319 e. The monoisotopic (exact) mass is 304 g/mol. The maximum absolute atomic E-state index is 13.4. The van der Waals surface area contributed by atoms with E-state index in [4.69, 9.17) is 16.7 Å². The normalized spacial score (nSPS) is 13.4. The number of carboxylic acids is 1. The molecule has 4 N–H and O–H groups in total.